The Balaban J connectivity index is 1.47. The highest BCUT2D eigenvalue weighted by Crippen LogP contribution is 2.26. The first-order valence-electron chi connectivity index (χ1n) is 9.03. The van der Waals surface area contributed by atoms with Gasteiger partial charge in [-0.05, 0) is 25.3 Å². The van der Waals surface area contributed by atoms with E-state index in [0.717, 1.165) is 38.0 Å². The molecule has 0 bridgehead atoms. The maximum Gasteiger partial charge on any atom is 0.226 e. The minimum absolute atomic E-state index is 0.118. The second kappa shape index (κ2) is 7.37. The number of carbonyl (C=O) groups is 1. The molecule has 136 valence electrons. The normalized spacial score (nSPS) is 18.5. The number of likely N-dealkylation sites (tertiary alicyclic amines) is 1. The Hall–Kier alpha value is -2.18. The third-order valence-corrected chi connectivity index (χ3v) is 4.66. The van der Waals surface area contributed by atoms with Gasteiger partial charge in [-0.1, -0.05) is 25.9 Å². The van der Waals surface area contributed by atoms with E-state index in [9.17, 15) is 4.79 Å². The van der Waals surface area contributed by atoms with E-state index in [2.05, 4.69) is 41.1 Å². The largest absolute Gasteiger partial charge is 0.342 e. The van der Waals surface area contributed by atoms with Gasteiger partial charge >= 0.3 is 0 Å². The fourth-order valence-corrected chi connectivity index (χ4v) is 3.16. The summed E-state index contributed by atoms with van der Waals surface area (Å²) >= 11 is 0. The summed E-state index contributed by atoms with van der Waals surface area (Å²) in [4.78, 5) is 18.9. The Kier molecular flexibility index (Phi) is 5.20. The fraction of sp³-hybridized carbons (Fsp3) is 0.667. The van der Waals surface area contributed by atoms with Crippen LogP contribution in [0, 0.1) is 0 Å². The lowest BCUT2D eigenvalue weighted by Crippen LogP contribution is -2.39. The highest BCUT2D eigenvalue weighted by molar-refractivity contribution is 5.76. The Labute approximate surface area is 148 Å². The van der Waals surface area contributed by atoms with Crippen molar-refractivity contribution < 1.29 is 9.32 Å². The van der Waals surface area contributed by atoms with Crippen molar-refractivity contribution >= 4 is 5.91 Å². The van der Waals surface area contributed by atoms with Crippen LogP contribution in [-0.2, 0) is 16.6 Å². The zero-order valence-corrected chi connectivity index (χ0v) is 15.3. The third-order valence-electron chi connectivity index (χ3n) is 4.66. The summed E-state index contributed by atoms with van der Waals surface area (Å²) in [5.74, 6) is 1.91. The molecule has 2 aromatic heterocycles. The van der Waals surface area contributed by atoms with Crippen molar-refractivity contribution in [3.8, 4) is 0 Å². The molecule has 0 aromatic carbocycles. The maximum atomic E-state index is 12.5. The number of aromatic nitrogens is 4. The smallest absolute Gasteiger partial charge is 0.226 e. The zero-order valence-electron chi connectivity index (χ0n) is 15.3. The van der Waals surface area contributed by atoms with E-state index in [4.69, 9.17) is 4.52 Å². The van der Waals surface area contributed by atoms with E-state index in [-0.39, 0.29) is 11.3 Å². The first kappa shape index (κ1) is 17.6. The molecule has 7 heteroatoms. The van der Waals surface area contributed by atoms with Crippen LogP contribution >= 0.6 is 0 Å². The van der Waals surface area contributed by atoms with Crippen LogP contribution in [0.25, 0.3) is 0 Å². The lowest BCUT2D eigenvalue weighted by Gasteiger charge is -2.32. The van der Waals surface area contributed by atoms with E-state index in [1.807, 2.05) is 11.0 Å². The number of amides is 1. The predicted octanol–water partition coefficient (Wildman–Crippen LogP) is 2.82. The van der Waals surface area contributed by atoms with Crippen LogP contribution in [0.3, 0.4) is 0 Å². The van der Waals surface area contributed by atoms with Crippen LogP contribution in [0.15, 0.2) is 16.8 Å². The van der Waals surface area contributed by atoms with Crippen LogP contribution in [0.2, 0.25) is 0 Å². The molecule has 2 aromatic rings. The molecule has 3 rings (SSSR count). The van der Waals surface area contributed by atoms with E-state index in [1.165, 1.54) is 0 Å². The number of aromatic amines is 1. The lowest BCUT2D eigenvalue weighted by molar-refractivity contribution is -0.132. The number of nitrogens with one attached hydrogen (secondary N) is 1. The molecular formula is C18H27N5O2. The monoisotopic (exact) mass is 345 g/mol. The van der Waals surface area contributed by atoms with E-state index >= 15 is 0 Å². The lowest BCUT2D eigenvalue weighted by atomic mass is 9.94. The number of hydrogen-bond donors (Lipinski definition) is 1. The number of hydrogen-bond acceptors (Lipinski definition) is 5. The Morgan fingerprint density at radius 2 is 2.28 bits per heavy atom. The van der Waals surface area contributed by atoms with Crippen molar-refractivity contribution in [3.05, 3.63) is 29.7 Å². The number of carbonyl (C=O) groups excluding carboxylic acids is 1. The topological polar surface area (TPSA) is 87.9 Å². The van der Waals surface area contributed by atoms with Gasteiger partial charge in [-0.25, -0.2) is 0 Å². The predicted molar refractivity (Wildman–Crippen MR) is 93.1 cm³/mol. The Bertz CT molecular complexity index is 687. The van der Waals surface area contributed by atoms with Crippen LogP contribution in [0.1, 0.15) is 69.8 Å². The van der Waals surface area contributed by atoms with Gasteiger partial charge in [0.1, 0.15) is 0 Å². The molecule has 7 nitrogen and oxygen atoms in total. The van der Waals surface area contributed by atoms with Gasteiger partial charge in [0.05, 0.1) is 0 Å². The van der Waals surface area contributed by atoms with E-state index in [1.54, 1.807) is 6.20 Å². The molecule has 1 aliphatic heterocycles. The van der Waals surface area contributed by atoms with Gasteiger partial charge < -0.3 is 9.42 Å². The zero-order chi connectivity index (χ0) is 17.9. The quantitative estimate of drug-likeness (QED) is 0.900. The van der Waals surface area contributed by atoms with Gasteiger partial charge in [0.25, 0.3) is 0 Å². The molecule has 1 aliphatic rings. The molecule has 0 saturated carbocycles. The summed E-state index contributed by atoms with van der Waals surface area (Å²) in [5.41, 5.74) is 1.01. The van der Waals surface area contributed by atoms with Gasteiger partial charge in [0, 0.05) is 49.2 Å². The Morgan fingerprint density at radius 1 is 1.44 bits per heavy atom. The van der Waals surface area contributed by atoms with E-state index < -0.39 is 0 Å². The van der Waals surface area contributed by atoms with Gasteiger partial charge in [0.2, 0.25) is 11.8 Å². The van der Waals surface area contributed by atoms with Crippen LogP contribution in [0.5, 0.6) is 0 Å². The average molecular weight is 345 g/mol. The molecule has 25 heavy (non-hydrogen) atoms. The number of piperidine rings is 1. The van der Waals surface area contributed by atoms with Crippen molar-refractivity contribution in [3.63, 3.8) is 0 Å². The number of H-pyrrole nitrogens is 1. The maximum absolute atomic E-state index is 12.5. The van der Waals surface area contributed by atoms with Crippen molar-refractivity contribution in [2.45, 2.75) is 64.2 Å². The molecule has 1 fully saturated rings. The summed E-state index contributed by atoms with van der Waals surface area (Å²) in [6.45, 7) is 7.78. The molecule has 1 atom stereocenters. The summed E-state index contributed by atoms with van der Waals surface area (Å²) in [7, 11) is 0. The van der Waals surface area contributed by atoms with Gasteiger partial charge in [-0.2, -0.15) is 10.1 Å². The molecule has 0 spiro atoms. The van der Waals surface area contributed by atoms with Crippen molar-refractivity contribution in [1.29, 1.82) is 0 Å². The molecule has 0 unspecified atom stereocenters. The third kappa shape index (κ3) is 4.46. The molecular weight excluding hydrogens is 318 g/mol. The van der Waals surface area contributed by atoms with Crippen LogP contribution < -0.4 is 0 Å². The minimum atomic E-state index is -0.118. The van der Waals surface area contributed by atoms with Crippen molar-refractivity contribution in [2.75, 3.05) is 13.1 Å². The summed E-state index contributed by atoms with van der Waals surface area (Å²) in [6.07, 6.45) is 5.80. The molecule has 1 amide bonds. The summed E-state index contributed by atoms with van der Waals surface area (Å²) < 4.78 is 5.29. The first-order valence-corrected chi connectivity index (χ1v) is 9.03. The Morgan fingerprint density at radius 3 is 2.96 bits per heavy atom. The summed E-state index contributed by atoms with van der Waals surface area (Å²) in [6, 6.07) is 2.00. The second-order valence-corrected chi connectivity index (χ2v) is 7.81. The van der Waals surface area contributed by atoms with Crippen molar-refractivity contribution in [1.82, 2.24) is 25.2 Å². The molecule has 1 N–H and O–H groups in total. The highest BCUT2D eigenvalue weighted by atomic mass is 16.5. The van der Waals surface area contributed by atoms with Gasteiger partial charge in [0.15, 0.2) is 5.82 Å². The molecule has 1 saturated heterocycles. The number of rotatable bonds is 5. The minimum Gasteiger partial charge on any atom is -0.342 e. The average Bonchev–Trinajstić information content (AvgIpc) is 3.26. The first-order chi connectivity index (χ1) is 11.9. The second-order valence-electron chi connectivity index (χ2n) is 7.81. The number of nitrogens with zero attached hydrogens (tertiary/aromatic N) is 4. The molecule has 3 heterocycles. The molecule has 0 radical (unpaired) electrons. The number of aryl methyl sites for hydroxylation is 1. The molecule has 0 aliphatic carbocycles. The van der Waals surface area contributed by atoms with Crippen molar-refractivity contribution in [2.24, 2.45) is 0 Å². The standard InChI is InChI=1S/C18H27N5O2/c1-18(2,3)17-20-15(25-22-17)7-4-8-16(24)23-11-5-6-13(12-23)14-9-10-19-21-14/h9-10,13H,4-8,11-12H2,1-3H3,(H,19,21)/t13-/m0/s1. The van der Waals surface area contributed by atoms with Gasteiger partial charge in [-0.15, -0.1) is 0 Å². The summed E-state index contributed by atoms with van der Waals surface area (Å²) in [5, 5.41) is 11.1. The SMILES string of the molecule is CC(C)(C)c1noc(CCCC(=O)N2CCC[C@H](c3ccn[nH]3)C2)n1. The van der Waals surface area contributed by atoms with Crippen LogP contribution in [-0.4, -0.2) is 44.2 Å². The van der Waals surface area contributed by atoms with Crippen LogP contribution in [0.4, 0.5) is 0 Å². The van der Waals surface area contributed by atoms with E-state index in [0.29, 0.717) is 30.5 Å². The fourth-order valence-electron chi connectivity index (χ4n) is 3.16. The van der Waals surface area contributed by atoms with Gasteiger partial charge in [-0.3, -0.25) is 9.89 Å². The highest BCUT2D eigenvalue weighted by Gasteiger charge is 2.25.